The number of nitrogens with zero attached hydrogens (tertiary/aromatic N) is 3. The van der Waals surface area contributed by atoms with Crippen LogP contribution in [0.5, 0.6) is 0 Å². The van der Waals surface area contributed by atoms with Crippen molar-refractivity contribution >= 4 is 46.6 Å². The third-order valence-electron chi connectivity index (χ3n) is 5.58. The molecule has 0 bridgehead atoms. The minimum absolute atomic E-state index is 0.366. The maximum atomic E-state index is 12.8. The maximum Gasteiger partial charge on any atom is 0.278 e. The lowest BCUT2D eigenvalue weighted by Gasteiger charge is -2.22. The van der Waals surface area contributed by atoms with E-state index in [0.717, 1.165) is 16.9 Å². The fourth-order valence-corrected chi connectivity index (χ4v) is 3.87. The first kappa shape index (κ1) is 23.8. The van der Waals surface area contributed by atoms with Gasteiger partial charge < -0.3 is 14.9 Å². The number of carbonyl (C=O) groups is 1. The molecule has 0 saturated heterocycles. The molecule has 2 heterocycles. The van der Waals surface area contributed by atoms with E-state index in [9.17, 15) is 4.79 Å². The number of carbonyl (C=O) groups excluding carboxylic acids is 1. The number of nitrogens with one attached hydrogen (secondary N) is 3. The first-order valence-corrected chi connectivity index (χ1v) is 12.5. The Morgan fingerprint density at radius 2 is 1.88 bits per heavy atom. The molecule has 2 aromatic heterocycles. The van der Waals surface area contributed by atoms with E-state index in [4.69, 9.17) is 4.84 Å². The molecule has 1 aromatic carbocycles. The number of benzene rings is 1. The van der Waals surface area contributed by atoms with Crippen molar-refractivity contribution in [2.75, 3.05) is 34.8 Å². The monoisotopic (exact) mass is 478 g/mol. The molecule has 1 aliphatic carbocycles. The predicted octanol–water partition coefficient (Wildman–Crippen LogP) is 5.55. The van der Waals surface area contributed by atoms with Crippen molar-refractivity contribution < 1.29 is 9.63 Å². The third-order valence-corrected chi connectivity index (χ3v) is 6.33. The highest BCUT2D eigenvalue weighted by Gasteiger charge is 2.23. The van der Waals surface area contributed by atoms with Crippen LogP contribution in [0.4, 0.5) is 28.7 Å². The SMILES string of the molecule is CCONC(=O)c1cnc(Nc2ccc(C3CC3)cn2)cc1Nc1ccc(C)cc1N(C)SC. The smallest absolute Gasteiger partial charge is 0.278 e. The molecule has 1 saturated carbocycles. The van der Waals surface area contributed by atoms with Gasteiger partial charge >= 0.3 is 0 Å². The van der Waals surface area contributed by atoms with Gasteiger partial charge in [0.15, 0.2) is 0 Å². The van der Waals surface area contributed by atoms with Crippen LogP contribution in [0.1, 0.15) is 47.2 Å². The van der Waals surface area contributed by atoms with Crippen LogP contribution < -0.4 is 20.4 Å². The summed E-state index contributed by atoms with van der Waals surface area (Å²) >= 11 is 1.61. The van der Waals surface area contributed by atoms with Crippen molar-refractivity contribution in [3.8, 4) is 0 Å². The van der Waals surface area contributed by atoms with Gasteiger partial charge in [-0.2, -0.15) is 0 Å². The Hall–Kier alpha value is -3.30. The largest absolute Gasteiger partial charge is 0.353 e. The number of anilines is 5. The van der Waals surface area contributed by atoms with Gasteiger partial charge in [0.1, 0.15) is 11.6 Å². The van der Waals surface area contributed by atoms with Crippen LogP contribution >= 0.6 is 11.9 Å². The van der Waals surface area contributed by atoms with Crippen LogP contribution in [-0.2, 0) is 4.84 Å². The highest BCUT2D eigenvalue weighted by atomic mass is 32.2. The number of aromatic nitrogens is 2. The van der Waals surface area contributed by atoms with Crippen LogP contribution in [-0.4, -0.2) is 35.8 Å². The average Bonchev–Trinajstić information content (AvgIpc) is 3.69. The van der Waals surface area contributed by atoms with Gasteiger partial charge in [0, 0.05) is 31.8 Å². The Labute approximate surface area is 204 Å². The van der Waals surface area contributed by atoms with Gasteiger partial charge in [0.2, 0.25) is 0 Å². The highest BCUT2D eigenvalue weighted by Crippen LogP contribution is 2.40. The van der Waals surface area contributed by atoms with E-state index in [1.165, 1.54) is 24.6 Å². The number of hydrogen-bond acceptors (Lipinski definition) is 8. The molecule has 4 rings (SSSR count). The van der Waals surface area contributed by atoms with Crippen molar-refractivity contribution in [3.63, 3.8) is 0 Å². The van der Waals surface area contributed by atoms with Gasteiger partial charge in [-0.25, -0.2) is 15.4 Å². The first-order chi connectivity index (χ1) is 16.5. The Kier molecular flexibility index (Phi) is 7.54. The van der Waals surface area contributed by atoms with Crippen molar-refractivity contribution in [1.29, 1.82) is 0 Å². The minimum atomic E-state index is -0.373. The van der Waals surface area contributed by atoms with E-state index >= 15 is 0 Å². The molecule has 0 aliphatic heterocycles. The van der Waals surface area contributed by atoms with Crippen LogP contribution in [0, 0.1) is 6.92 Å². The number of hydroxylamine groups is 1. The second kappa shape index (κ2) is 10.8. The molecule has 0 radical (unpaired) electrons. The molecule has 1 aliphatic rings. The lowest BCUT2D eigenvalue weighted by molar-refractivity contribution is 0.0365. The van der Waals surface area contributed by atoms with Crippen molar-refractivity contribution in [1.82, 2.24) is 15.4 Å². The van der Waals surface area contributed by atoms with Crippen molar-refractivity contribution in [2.45, 2.75) is 32.6 Å². The molecule has 0 spiro atoms. The fraction of sp³-hybridized carbons (Fsp3) is 0.320. The lowest BCUT2D eigenvalue weighted by Crippen LogP contribution is -2.24. The van der Waals surface area contributed by atoms with Gasteiger partial charge in [-0.05, 0) is 61.9 Å². The summed E-state index contributed by atoms with van der Waals surface area (Å²) in [6.45, 7) is 4.23. The van der Waals surface area contributed by atoms with Crippen LogP contribution in [0.25, 0.3) is 0 Å². The van der Waals surface area contributed by atoms with E-state index in [-0.39, 0.29) is 5.91 Å². The Morgan fingerprint density at radius 1 is 1.09 bits per heavy atom. The van der Waals surface area contributed by atoms with Crippen LogP contribution in [0.15, 0.2) is 48.8 Å². The average molecular weight is 479 g/mol. The Bertz CT molecular complexity index is 1150. The van der Waals surface area contributed by atoms with E-state index in [1.54, 1.807) is 18.0 Å². The predicted molar refractivity (Wildman–Crippen MR) is 139 cm³/mol. The van der Waals surface area contributed by atoms with Crippen LogP contribution in [0.3, 0.4) is 0 Å². The fourth-order valence-electron chi connectivity index (χ4n) is 3.52. The van der Waals surface area contributed by atoms with Gasteiger partial charge in [0.05, 0.1) is 29.2 Å². The van der Waals surface area contributed by atoms with Gasteiger partial charge in [-0.3, -0.25) is 9.63 Å². The summed E-state index contributed by atoms with van der Waals surface area (Å²) < 4.78 is 2.07. The Morgan fingerprint density at radius 3 is 2.56 bits per heavy atom. The molecule has 1 amide bonds. The molecule has 0 atom stereocenters. The summed E-state index contributed by atoms with van der Waals surface area (Å²) in [4.78, 5) is 26.8. The summed E-state index contributed by atoms with van der Waals surface area (Å²) in [5.74, 6) is 1.56. The molecular formula is C25H30N6O2S. The first-order valence-electron chi connectivity index (χ1n) is 11.3. The maximum absolute atomic E-state index is 12.8. The number of aryl methyl sites for hydroxylation is 1. The second-order valence-corrected chi connectivity index (χ2v) is 9.09. The standard InChI is InChI=1S/C25H30N6O2S/c1-5-33-30-25(32)19-15-27-24(29-23-11-9-18(14-26-23)17-7-8-17)13-21(19)28-20-10-6-16(2)12-22(20)31(3)34-4/h6,9-15,17H,5,7-8H2,1-4H3,(H,30,32)(H2,26,27,28,29). The lowest BCUT2D eigenvalue weighted by atomic mass is 10.1. The summed E-state index contributed by atoms with van der Waals surface area (Å²) in [5, 5.41) is 6.67. The molecule has 34 heavy (non-hydrogen) atoms. The molecule has 9 heteroatoms. The number of amides is 1. The summed E-state index contributed by atoms with van der Waals surface area (Å²) in [6, 6.07) is 12.0. The number of rotatable bonds is 10. The number of hydrogen-bond donors (Lipinski definition) is 3. The van der Waals surface area contributed by atoms with E-state index in [0.29, 0.717) is 35.4 Å². The zero-order valence-electron chi connectivity index (χ0n) is 19.9. The molecule has 1 fully saturated rings. The minimum Gasteiger partial charge on any atom is -0.353 e. The van der Waals surface area contributed by atoms with Crippen molar-refractivity contribution in [2.24, 2.45) is 0 Å². The van der Waals surface area contributed by atoms with E-state index in [2.05, 4.69) is 49.4 Å². The van der Waals surface area contributed by atoms with Crippen LogP contribution in [0.2, 0.25) is 0 Å². The molecular weight excluding hydrogens is 448 g/mol. The van der Waals surface area contributed by atoms with E-state index < -0.39 is 0 Å². The normalized spacial score (nSPS) is 12.8. The van der Waals surface area contributed by atoms with Gasteiger partial charge in [0.25, 0.3) is 5.91 Å². The topological polar surface area (TPSA) is 91.4 Å². The molecule has 0 unspecified atom stereocenters. The van der Waals surface area contributed by atoms with Gasteiger partial charge in [-0.15, -0.1) is 0 Å². The zero-order chi connectivity index (χ0) is 24.1. The highest BCUT2D eigenvalue weighted by molar-refractivity contribution is 7.99. The Balaban J connectivity index is 1.64. The van der Waals surface area contributed by atoms with Crippen molar-refractivity contribution in [3.05, 3.63) is 65.5 Å². The summed E-state index contributed by atoms with van der Waals surface area (Å²) in [7, 11) is 2.00. The summed E-state index contributed by atoms with van der Waals surface area (Å²) in [6.07, 6.45) is 7.94. The molecule has 178 valence electrons. The van der Waals surface area contributed by atoms with Gasteiger partial charge in [-0.1, -0.05) is 24.1 Å². The number of pyridine rings is 2. The molecule has 3 aromatic rings. The molecule has 8 nitrogen and oxygen atoms in total. The molecule has 3 N–H and O–H groups in total. The second-order valence-electron chi connectivity index (χ2n) is 8.18. The third kappa shape index (κ3) is 5.78. The van der Waals surface area contributed by atoms with E-state index in [1.807, 2.05) is 44.6 Å². The zero-order valence-corrected chi connectivity index (χ0v) is 20.7. The quantitative estimate of drug-likeness (QED) is 0.258. The summed E-state index contributed by atoms with van der Waals surface area (Å²) in [5.41, 5.74) is 7.73.